The van der Waals surface area contributed by atoms with Crippen LogP contribution in [0.3, 0.4) is 0 Å². The Labute approximate surface area is 122 Å². The molecule has 1 aromatic heterocycles. The van der Waals surface area contributed by atoms with Crippen LogP contribution in [0.2, 0.25) is 0 Å². The molecule has 3 heteroatoms. The van der Waals surface area contributed by atoms with Crippen LogP contribution in [-0.2, 0) is 6.42 Å². The van der Waals surface area contributed by atoms with Gasteiger partial charge in [-0.05, 0) is 43.7 Å². The lowest BCUT2D eigenvalue weighted by atomic mass is 9.99. The molecule has 1 N–H and O–H groups in total. The van der Waals surface area contributed by atoms with Gasteiger partial charge in [0, 0.05) is 30.1 Å². The lowest BCUT2D eigenvalue weighted by Gasteiger charge is -2.31. The van der Waals surface area contributed by atoms with Crippen molar-refractivity contribution in [3.8, 4) is 0 Å². The van der Waals surface area contributed by atoms with Crippen LogP contribution in [0.1, 0.15) is 38.5 Å². The summed E-state index contributed by atoms with van der Waals surface area (Å²) in [7, 11) is 0. The second-order valence-corrected chi connectivity index (χ2v) is 6.94. The van der Waals surface area contributed by atoms with Crippen molar-refractivity contribution in [1.29, 1.82) is 0 Å². The van der Waals surface area contributed by atoms with E-state index in [-0.39, 0.29) is 0 Å². The summed E-state index contributed by atoms with van der Waals surface area (Å²) in [5, 5.41) is 5.93. The highest BCUT2D eigenvalue weighted by Crippen LogP contribution is 2.17. The van der Waals surface area contributed by atoms with Gasteiger partial charge in [-0.3, -0.25) is 4.90 Å². The van der Waals surface area contributed by atoms with Crippen molar-refractivity contribution in [1.82, 2.24) is 10.2 Å². The normalized spacial score (nSPS) is 27.1. The van der Waals surface area contributed by atoms with Crippen molar-refractivity contribution in [3.05, 3.63) is 22.4 Å². The fourth-order valence-corrected chi connectivity index (χ4v) is 3.54. The average Bonchev–Trinajstić information content (AvgIpc) is 2.86. The van der Waals surface area contributed by atoms with Gasteiger partial charge >= 0.3 is 0 Å². The molecular weight excluding hydrogens is 252 g/mol. The SMILES string of the molecule is CCC(C)C1CN(CCc2cccs2)C(C)CCN1. The molecule has 108 valence electrons. The molecule has 0 aromatic carbocycles. The number of hydrogen-bond donors (Lipinski definition) is 1. The summed E-state index contributed by atoms with van der Waals surface area (Å²) in [4.78, 5) is 4.21. The summed E-state index contributed by atoms with van der Waals surface area (Å²) in [6, 6.07) is 5.80. The van der Waals surface area contributed by atoms with Crippen molar-refractivity contribution in [3.63, 3.8) is 0 Å². The predicted molar refractivity (Wildman–Crippen MR) is 84.9 cm³/mol. The van der Waals surface area contributed by atoms with Crippen LogP contribution in [0.25, 0.3) is 0 Å². The summed E-state index contributed by atoms with van der Waals surface area (Å²) in [6.07, 6.45) is 3.75. The van der Waals surface area contributed by atoms with Crippen LogP contribution < -0.4 is 5.32 Å². The van der Waals surface area contributed by atoms with Crippen molar-refractivity contribution in [2.75, 3.05) is 19.6 Å². The molecule has 2 heterocycles. The molecule has 2 rings (SSSR count). The maximum atomic E-state index is 3.75. The Kier molecular flexibility index (Phi) is 5.86. The molecule has 2 nitrogen and oxygen atoms in total. The van der Waals surface area contributed by atoms with Gasteiger partial charge in [-0.15, -0.1) is 11.3 Å². The van der Waals surface area contributed by atoms with E-state index in [1.807, 2.05) is 11.3 Å². The fraction of sp³-hybridized carbons (Fsp3) is 0.750. The van der Waals surface area contributed by atoms with E-state index >= 15 is 0 Å². The second-order valence-electron chi connectivity index (χ2n) is 5.91. The molecule has 0 spiro atoms. The van der Waals surface area contributed by atoms with Crippen molar-refractivity contribution < 1.29 is 0 Å². The zero-order valence-corrected chi connectivity index (χ0v) is 13.4. The van der Waals surface area contributed by atoms with Crippen LogP contribution in [-0.4, -0.2) is 36.6 Å². The lowest BCUT2D eigenvalue weighted by Crippen LogP contribution is -2.44. The third-order valence-corrected chi connectivity index (χ3v) is 5.52. The Morgan fingerprint density at radius 2 is 2.37 bits per heavy atom. The quantitative estimate of drug-likeness (QED) is 0.889. The molecule has 1 fully saturated rings. The van der Waals surface area contributed by atoms with E-state index in [0.717, 1.165) is 5.92 Å². The maximum Gasteiger partial charge on any atom is 0.0220 e. The van der Waals surface area contributed by atoms with Crippen LogP contribution in [0, 0.1) is 5.92 Å². The number of rotatable bonds is 5. The van der Waals surface area contributed by atoms with Gasteiger partial charge in [-0.2, -0.15) is 0 Å². The van der Waals surface area contributed by atoms with E-state index < -0.39 is 0 Å². The molecule has 1 saturated heterocycles. The van der Waals surface area contributed by atoms with Crippen molar-refractivity contribution in [2.45, 2.75) is 52.1 Å². The number of thiophene rings is 1. The van der Waals surface area contributed by atoms with E-state index in [0.29, 0.717) is 12.1 Å². The van der Waals surface area contributed by atoms with Crippen molar-refractivity contribution in [2.24, 2.45) is 5.92 Å². The summed E-state index contributed by atoms with van der Waals surface area (Å²) in [5.74, 6) is 0.773. The van der Waals surface area contributed by atoms with E-state index in [2.05, 4.69) is 48.5 Å². The number of nitrogens with zero attached hydrogens (tertiary/aromatic N) is 1. The van der Waals surface area contributed by atoms with Gasteiger partial charge in [-0.1, -0.05) is 26.3 Å². The fourth-order valence-electron chi connectivity index (χ4n) is 2.84. The van der Waals surface area contributed by atoms with Gasteiger partial charge in [0.05, 0.1) is 0 Å². The molecule has 0 radical (unpaired) electrons. The second kappa shape index (κ2) is 7.41. The van der Waals surface area contributed by atoms with Crippen LogP contribution in [0.5, 0.6) is 0 Å². The van der Waals surface area contributed by atoms with Gasteiger partial charge in [-0.25, -0.2) is 0 Å². The first-order valence-electron chi connectivity index (χ1n) is 7.70. The minimum atomic E-state index is 0.665. The highest BCUT2D eigenvalue weighted by molar-refractivity contribution is 7.09. The maximum absolute atomic E-state index is 3.75. The van der Waals surface area contributed by atoms with E-state index in [1.165, 1.54) is 43.8 Å². The topological polar surface area (TPSA) is 15.3 Å². The minimum Gasteiger partial charge on any atom is -0.312 e. The minimum absolute atomic E-state index is 0.665. The number of hydrogen-bond acceptors (Lipinski definition) is 3. The van der Waals surface area contributed by atoms with Gasteiger partial charge in [0.15, 0.2) is 0 Å². The highest BCUT2D eigenvalue weighted by atomic mass is 32.1. The lowest BCUT2D eigenvalue weighted by molar-refractivity contribution is 0.191. The standard InChI is InChI=1S/C16H28N2S/c1-4-13(2)16-12-18(14(3)7-9-17-16)10-8-15-6-5-11-19-15/h5-6,11,13-14,16-17H,4,7-10,12H2,1-3H3. The third kappa shape index (κ3) is 4.30. The molecule has 3 unspecified atom stereocenters. The van der Waals surface area contributed by atoms with Crippen molar-refractivity contribution >= 4 is 11.3 Å². The molecule has 1 aliphatic heterocycles. The van der Waals surface area contributed by atoms with Gasteiger partial charge in [0.2, 0.25) is 0 Å². The first kappa shape index (κ1) is 15.0. The molecule has 1 aromatic rings. The van der Waals surface area contributed by atoms with Gasteiger partial charge in [0.25, 0.3) is 0 Å². The third-order valence-electron chi connectivity index (χ3n) is 4.58. The zero-order chi connectivity index (χ0) is 13.7. The first-order valence-corrected chi connectivity index (χ1v) is 8.58. The molecule has 1 aliphatic rings. The zero-order valence-electron chi connectivity index (χ0n) is 12.6. The molecule has 0 amide bonds. The number of nitrogens with one attached hydrogen (secondary N) is 1. The molecule has 0 bridgehead atoms. The van der Waals surface area contributed by atoms with E-state index in [9.17, 15) is 0 Å². The van der Waals surface area contributed by atoms with Crippen LogP contribution in [0.4, 0.5) is 0 Å². The summed E-state index contributed by atoms with van der Waals surface area (Å²) >= 11 is 1.89. The Morgan fingerprint density at radius 3 is 3.05 bits per heavy atom. The molecule has 0 saturated carbocycles. The Bertz CT molecular complexity index is 350. The monoisotopic (exact) mass is 280 g/mol. The molecule has 0 aliphatic carbocycles. The highest BCUT2D eigenvalue weighted by Gasteiger charge is 2.25. The largest absolute Gasteiger partial charge is 0.312 e. The average molecular weight is 280 g/mol. The Morgan fingerprint density at radius 1 is 1.53 bits per heavy atom. The Hall–Kier alpha value is -0.380. The summed E-state index contributed by atoms with van der Waals surface area (Å²) in [5.41, 5.74) is 0. The first-order chi connectivity index (χ1) is 9.20. The van der Waals surface area contributed by atoms with Gasteiger partial charge in [0.1, 0.15) is 0 Å². The summed E-state index contributed by atoms with van der Waals surface area (Å²) in [6.45, 7) is 10.7. The Balaban J connectivity index is 1.91. The van der Waals surface area contributed by atoms with E-state index in [1.54, 1.807) is 0 Å². The molecule has 3 atom stereocenters. The molecular formula is C16H28N2S. The van der Waals surface area contributed by atoms with Gasteiger partial charge < -0.3 is 5.32 Å². The van der Waals surface area contributed by atoms with Crippen LogP contribution >= 0.6 is 11.3 Å². The van der Waals surface area contributed by atoms with Crippen LogP contribution in [0.15, 0.2) is 17.5 Å². The predicted octanol–water partition coefficient (Wildman–Crippen LogP) is 3.39. The van der Waals surface area contributed by atoms with E-state index in [4.69, 9.17) is 0 Å². The smallest absolute Gasteiger partial charge is 0.0220 e. The summed E-state index contributed by atoms with van der Waals surface area (Å²) < 4.78 is 0. The molecule has 19 heavy (non-hydrogen) atoms.